The summed E-state index contributed by atoms with van der Waals surface area (Å²) in [6.07, 6.45) is 17.5. The van der Waals surface area contributed by atoms with Crippen molar-refractivity contribution in [2.75, 3.05) is 0 Å². The molecule has 2 aliphatic carbocycles. The third kappa shape index (κ3) is 2.85. The topological polar surface area (TPSA) is 0 Å². The number of allylic oxidation sites excluding steroid dienone is 8. The van der Waals surface area contributed by atoms with Gasteiger partial charge in [-0.25, -0.2) is 0 Å². The molecule has 0 aliphatic heterocycles. The van der Waals surface area contributed by atoms with Gasteiger partial charge in [0.1, 0.15) is 0 Å². The SMILES string of the molecule is CCC[SiH2]CC(C1=CC=CC1)C1=CC=CC1. The van der Waals surface area contributed by atoms with Crippen molar-refractivity contribution in [1.82, 2.24) is 0 Å². The molecule has 0 atom stereocenters. The minimum Gasteiger partial charge on any atom is -0.0804 e. The molecule has 0 radical (unpaired) electrons. The predicted octanol–water partition coefficient (Wildman–Crippen LogP) is 3.79. The van der Waals surface area contributed by atoms with Crippen molar-refractivity contribution >= 4 is 9.52 Å². The molecule has 16 heavy (non-hydrogen) atoms. The van der Waals surface area contributed by atoms with E-state index in [0.717, 1.165) is 5.92 Å². The molecule has 0 aromatic heterocycles. The summed E-state index contributed by atoms with van der Waals surface area (Å²) in [6, 6.07) is 2.99. The molecule has 0 unspecified atom stereocenters. The van der Waals surface area contributed by atoms with Crippen molar-refractivity contribution in [1.29, 1.82) is 0 Å². The molecular formula is C15H22Si. The van der Waals surface area contributed by atoms with E-state index in [1.807, 2.05) is 0 Å². The van der Waals surface area contributed by atoms with Crippen LogP contribution in [0.4, 0.5) is 0 Å². The van der Waals surface area contributed by atoms with E-state index in [1.165, 1.54) is 31.4 Å². The van der Waals surface area contributed by atoms with Crippen molar-refractivity contribution in [3.8, 4) is 0 Å². The highest BCUT2D eigenvalue weighted by molar-refractivity contribution is 6.35. The molecule has 0 fully saturated rings. The van der Waals surface area contributed by atoms with E-state index in [0.29, 0.717) is 0 Å². The van der Waals surface area contributed by atoms with Gasteiger partial charge in [-0.2, -0.15) is 0 Å². The minimum absolute atomic E-state index is 0.159. The number of hydrogen-bond acceptors (Lipinski definition) is 0. The van der Waals surface area contributed by atoms with Crippen LogP contribution in [0.2, 0.25) is 12.1 Å². The normalized spacial score (nSPS) is 19.1. The van der Waals surface area contributed by atoms with Gasteiger partial charge in [0.05, 0.1) is 0 Å². The second-order valence-electron chi connectivity index (χ2n) is 4.80. The van der Waals surface area contributed by atoms with Crippen molar-refractivity contribution < 1.29 is 0 Å². The zero-order chi connectivity index (χ0) is 11.2. The fourth-order valence-electron chi connectivity index (χ4n) is 2.65. The zero-order valence-corrected chi connectivity index (χ0v) is 11.7. The Kier molecular flexibility index (Phi) is 4.40. The second-order valence-corrected chi connectivity index (χ2v) is 6.79. The predicted molar refractivity (Wildman–Crippen MR) is 75.6 cm³/mol. The lowest BCUT2D eigenvalue weighted by atomic mass is 9.91. The molecule has 1 heteroatoms. The summed E-state index contributed by atoms with van der Waals surface area (Å²) in [6.45, 7) is 2.31. The van der Waals surface area contributed by atoms with Crippen LogP contribution in [-0.2, 0) is 0 Å². The molecule has 0 nitrogen and oxygen atoms in total. The highest BCUT2D eigenvalue weighted by Crippen LogP contribution is 2.33. The molecule has 0 aromatic carbocycles. The standard InChI is InChI=1S/C15H22Si/c1-2-11-16-12-15(13-7-3-4-8-13)14-9-5-6-10-14/h3-7,9,15H,2,8,10-12,16H2,1H3. The summed E-state index contributed by atoms with van der Waals surface area (Å²) >= 11 is 0. The lowest BCUT2D eigenvalue weighted by molar-refractivity contribution is 0.759. The lowest BCUT2D eigenvalue weighted by Gasteiger charge is -2.20. The van der Waals surface area contributed by atoms with Gasteiger partial charge in [-0.15, -0.1) is 0 Å². The quantitative estimate of drug-likeness (QED) is 0.481. The summed E-state index contributed by atoms with van der Waals surface area (Å²) in [5, 5.41) is 0. The average molecular weight is 230 g/mol. The van der Waals surface area contributed by atoms with Gasteiger partial charge in [0, 0.05) is 9.52 Å². The minimum atomic E-state index is 0.159. The highest BCUT2D eigenvalue weighted by atomic mass is 28.2. The number of hydrogen-bond donors (Lipinski definition) is 0. The van der Waals surface area contributed by atoms with Crippen LogP contribution in [0.15, 0.2) is 47.6 Å². The first kappa shape index (κ1) is 11.7. The lowest BCUT2D eigenvalue weighted by Crippen LogP contribution is -2.09. The first-order chi connectivity index (χ1) is 7.92. The largest absolute Gasteiger partial charge is 0.0804 e. The summed E-state index contributed by atoms with van der Waals surface area (Å²) < 4.78 is 0. The van der Waals surface area contributed by atoms with Crippen molar-refractivity contribution in [2.45, 2.75) is 38.3 Å². The van der Waals surface area contributed by atoms with Crippen LogP contribution in [0, 0.1) is 5.92 Å². The molecule has 0 bridgehead atoms. The molecule has 0 amide bonds. The molecule has 0 aromatic rings. The van der Waals surface area contributed by atoms with E-state index in [2.05, 4.69) is 43.4 Å². The van der Waals surface area contributed by atoms with Gasteiger partial charge in [0.2, 0.25) is 0 Å². The van der Waals surface area contributed by atoms with Crippen molar-refractivity contribution in [3.63, 3.8) is 0 Å². The second kappa shape index (κ2) is 6.05. The Morgan fingerprint density at radius 3 is 2.19 bits per heavy atom. The summed E-state index contributed by atoms with van der Waals surface area (Å²) in [5.74, 6) is 0.781. The average Bonchev–Trinajstić information content (AvgIpc) is 2.97. The smallest absolute Gasteiger partial charge is 0.0208 e. The van der Waals surface area contributed by atoms with Crippen LogP contribution in [0.1, 0.15) is 26.2 Å². The molecule has 0 heterocycles. The molecule has 2 rings (SSSR count). The summed E-state index contributed by atoms with van der Waals surface area (Å²) in [5.41, 5.74) is 3.33. The van der Waals surface area contributed by atoms with E-state index in [4.69, 9.17) is 0 Å². The van der Waals surface area contributed by atoms with Crippen LogP contribution in [0.25, 0.3) is 0 Å². The molecule has 86 valence electrons. The molecule has 0 N–H and O–H groups in total. The van der Waals surface area contributed by atoms with Crippen molar-refractivity contribution in [2.24, 2.45) is 5.92 Å². The first-order valence-corrected chi connectivity index (χ1v) is 8.63. The molecule has 2 aliphatic rings. The van der Waals surface area contributed by atoms with E-state index in [9.17, 15) is 0 Å². The van der Waals surface area contributed by atoms with E-state index in [-0.39, 0.29) is 9.52 Å². The van der Waals surface area contributed by atoms with Gasteiger partial charge in [-0.05, 0) is 18.8 Å². The first-order valence-electron chi connectivity index (χ1n) is 6.63. The molecule has 0 saturated heterocycles. The van der Waals surface area contributed by atoms with Gasteiger partial charge in [-0.3, -0.25) is 0 Å². The Hall–Kier alpha value is -0.823. The van der Waals surface area contributed by atoms with Gasteiger partial charge in [0.25, 0.3) is 0 Å². The molecular weight excluding hydrogens is 208 g/mol. The third-order valence-electron chi connectivity index (χ3n) is 3.59. The van der Waals surface area contributed by atoms with Gasteiger partial charge in [-0.1, -0.05) is 73.0 Å². The summed E-state index contributed by atoms with van der Waals surface area (Å²) in [7, 11) is 0.159. The Bertz CT molecular complexity index is 314. The van der Waals surface area contributed by atoms with Gasteiger partial charge >= 0.3 is 0 Å². The van der Waals surface area contributed by atoms with E-state index < -0.39 is 0 Å². The van der Waals surface area contributed by atoms with Gasteiger partial charge in [0.15, 0.2) is 0 Å². The maximum Gasteiger partial charge on any atom is 0.0208 e. The summed E-state index contributed by atoms with van der Waals surface area (Å²) in [4.78, 5) is 0. The van der Waals surface area contributed by atoms with E-state index in [1.54, 1.807) is 11.1 Å². The Morgan fingerprint density at radius 2 is 1.75 bits per heavy atom. The maximum atomic E-state index is 2.35. The van der Waals surface area contributed by atoms with Gasteiger partial charge < -0.3 is 0 Å². The fraction of sp³-hybridized carbons (Fsp3) is 0.467. The number of rotatable bonds is 6. The van der Waals surface area contributed by atoms with Crippen LogP contribution in [0.5, 0.6) is 0 Å². The Labute approximate surface area is 102 Å². The van der Waals surface area contributed by atoms with Crippen LogP contribution >= 0.6 is 0 Å². The fourth-order valence-corrected chi connectivity index (χ4v) is 4.59. The Balaban J connectivity index is 1.96. The van der Waals surface area contributed by atoms with Crippen molar-refractivity contribution in [3.05, 3.63) is 47.6 Å². The van der Waals surface area contributed by atoms with Crippen LogP contribution < -0.4 is 0 Å². The zero-order valence-electron chi connectivity index (χ0n) is 10.3. The monoisotopic (exact) mass is 230 g/mol. The maximum absolute atomic E-state index is 2.35. The molecule has 0 saturated carbocycles. The van der Waals surface area contributed by atoms with Crippen LogP contribution in [-0.4, -0.2) is 9.52 Å². The van der Waals surface area contributed by atoms with E-state index >= 15 is 0 Å². The van der Waals surface area contributed by atoms with Crippen LogP contribution in [0.3, 0.4) is 0 Å². The molecule has 0 spiro atoms. The highest BCUT2D eigenvalue weighted by Gasteiger charge is 2.19. The third-order valence-corrected chi connectivity index (χ3v) is 5.78. The Morgan fingerprint density at radius 1 is 1.12 bits per heavy atom.